The zero-order valence-electron chi connectivity index (χ0n) is 11.7. The molecule has 2 N–H and O–H groups in total. The van der Waals surface area contributed by atoms with Crippen LogP contribution in [0.25, 0.3) is 0 Å². The van der Waals surface area contributed by atoms with E-state index in [1.54, 1.807) is 18.2 Å². The molecule has 0 bridgehead atoms. The normalized spacial score (nSPS) is 9.90. The Hall–Kier alpha value is -2.38. The number of halogens is 2. The highest BCUT2D eigenvalue weighted by Gasteiger charge is 2.07. The topological polar surface area (TPSA) is 29.3 Å². The van der Waals surface area contributed by atoms with Crippen molar-refractivity contribution < 1.29 is 8.78 Å². The highest BCUT2D eigenvalue weighted by Crippen LogP contribution is 2.18. The summed E-state index contributed by atoms with van der Waals surface area (Å²) in [5, 5.41) is 0. The maximum Gasteiger partial charge on any atom is 0.124 e. The van der Waals surface area contributed by atoms with E-state index >= 15 is 0 Å². The van der Waals surface area contributed by atoms with Gasteiger partial charge in [0.2, 0.25) is 0 Å². The van der Waals surface area contributed by atoms with Gasteiger partial charge in [0, 0.05) is 24.8 Å². The standard InChI is InChI=1S/C17H16F2N2/c1-21(17-8-6-15(18)7-9-17)12-14-4-5-16(19)11-13(14)3-2-10-20/h4-9,11H,10,12,20H2,1H3. The van der Waals surface area contributed by atoms with Crippen LogP contribution < -0.4 is 10.6 Å². The molecule has 0 heterocycles. The van der Waals surface area contributed by atoms with Gasteiger partial charge < -0.3 is 10.6 Å². The van der Waals surface area contributed by atoms with Crippen molar-refractivity contribution in [2.75, 3.05) is 18.5 Å². The van der Waals surface area contributed by atoms with Crippen molar-refractivity contribution >= 4 is 5.69 Å². The Kier molecular flexibility index (Phi) is 4.91. The molecule has 0 atom stereocenters. The van der Waals surface area contributed by atoms with E-state index in [0.29, 0.717) is 12.1 Å². The fraction of sp³-hybridized carbons (Fsp3) is 0.176. The third-order valence-electron chi connectivity index (χ3n) is 3.07. The first-order chi connectivity index (χ1) is 10.1. The van der Waals surface area contributed by atoms with Gasteiger partial charge in [0.05, 0.1) is 6.54 Å². The first kappa shape index (κ1) is 15.0. The Bertz CT molecular complexity index is 669. The molecule has 0 aliphatic heterocycles. The van der Waals surface area contributed by atoms with Crippen LogP contribution in [0.1, 0.15) is 11.1 Å². The summed E-state index contributed by atoms with van der Waals surface area (Å²) in [5.41, 5.74) is 7.74. The number of anilines is 1. The monoisotopic (exact) mass is 286 g/mol. The molecule has 0 aliphatic carbocycles. The predicted octanol–water partition coefficient (Wildman–Crippen LogP) is 2.91. The van der Waals surface area contributed by atoms with Gasteiger partial charge in [-0.15, -0.1) is 0 Å². The predicted molar refractivity (Wildman–Crippen MR) is 80.8 cm³/mol. The maximum absolute atomic E-state index is 13.3. The molecule has 0 spiro atoms. The number of benzene rings is 2. The van der Waals surface area contributed by atoms with E-state index in [-0.39, 0.29) is 18.2 Å². The molecule has 108 valence electrons. The Morgan fingerprint density at radius 3 is 2.38 bits per heavy atom. The van der Waals surface area contributed by atoms with Crippen LogP contribution in [0.15, 0.2) is 42.5 Å². The Morgan fingerprint density at radius 2 is 1.71 bits per heavy atom. The van der Waals surface area contributed by atoms with E-state index < -0.39 is 0 Å². The summed E-state index contributed by atoms with van der Waals surface area (Å²) >= 11 is 0. The third-order valence-corrected chi connectivity index (χ3v) is 3.07. The van der Waals surface area contributed by atoms with E-state index in [9.17, 15) is 8.78 Å². The van der Waals surface area contributed by atoms with E-state index in [0.717, 1.165) is 11.3 Å². The van der Waals surface area contributed by atoms with Gasteiger partial charge in [-0.3, -0.25) is 0 Å². The zero-order chi connectivity index (χ0) is 15.2. The molecule has 21 heavy (non-hydrogen) atoms. The molecule has 2 aromatic carbocycles. The SMILES string of the molecule is CN(Cc1ccc(F)cc1C#CCN)c1ccc(F)cc1. The fourth-order valence-corrected chi connectivity index (χ4v) is 1.99. The summed E-state index contributed by atoms with van der Waals surface area (Å²) in [4.78, 5) is 1.94. The van der Waals surface area contributed by atoms with Crippen LogP contribution in [0.2, 0.25) is 0 Å². The smallest absolute Gasteiger partial charge is 0.124 e. The molecule has 0 aliphatic rings. The van der Waals surface area contributed by atoms with Crippen LogP contribution in [0.4, 0.5) is 14.5 Å². The second-order valence-electron chi connectivity index (χ2n) is 4.64. The van der Waals surface area contributed by atoms with Crippen molar-refractivity contribution in [3.63, 3.8) is 0 Å². The quantitative estimate of drug-likeness (QED) is 0.879. The molecule has 0 aromatic heterocycles. The number of nitrogens with zero attached hydrogens (tertiary/aromatic N) is 1. The summed E-state index contributed by atoms with van der Waals surface area (Å²) in [5.74, 6) is 5.01. The van der Waals surface area contributed by atoms with Crippen LogP contribution in [0.3, 0.4) is 0 Å². The van der Waals surface area contributed by atoms with Crippen LogP contribution in [0.5, 0.6) is 0 Å². The lowest BCUT2D eigenvalue weighted by Crippen LogP contribution is -2.17. The van der Waals surface area contributed by atoms with Gasteiger partial charge >= 0.3 is 0 Å². The van der Waals surface area contributed by atoms with E-state index in [2.05, 4.69) is 11.8 Å². The van der Waals surface area contributed by atoms with Gasteiger partial charge in [0.15, 0.2) is 0 Å². The molecule has 0 saturated carbocycles. The molecule has 2 rings (SSSR count). The summed E-state index contributed by atoms with van der Waals surface area (Å²) in [7, 11) is 1.89. The van der Waals surface area contributed by atoms with Gasteiger partial charge in [0.25, 0.3) is 0 Å². The largest absolute Gasteiger partial charge is 0.370 e. The number of rotatable bonds is 3. The van der Waals surface area contributed by atoms with Gasteiger partial charge in [-0.1, -0.05) is 17.9 Å². The van der Waals surface area contributed by atoms with Gasteiger partial charge in [-0.25, -0.2) is 8.78 Å². The minimum Gasteiger partial charge on any atom is -0.370 e. The van der Waals surface area contributed by atoms with Gasteiger partial charge in [-0.2, -0.15) is 0 Å². The lowest BCUT2D eigenvalue weighted by Gasteiger charge is -2.20. The Morgan fingerprint density at radius 1 is 1.05 bits per heavy atom. The number of nitrogens with two attached hydrogens (primary N) is 1. The minimum absolute atomic E-state index is 0.226. The summed E-state index contributed by atoms with van der Waals surface area (Å²) in [6.45, 7) is 0.768. The average Bonchev–Trinajstić information content (AvgIpc) is 2.48. The molecule has 0 saturated heterocycles. The molecular weight excluding hydrogens is 270 g/mol. The number of hydrogen-bond donors (Lipinski definition) is 1. The maximum atomic E-state index is 13.3. The first-order valence-corrected chi connectivity index (χ1v) is 6.54. The van der Waals surface area contributed by atoms with Crippen molar-refractivity contribution in [1.82, 2.24) is 0 Å². The van der Waals surface area contributed by atoms with Gasteiger partial charge in [0.1, 0.15) is 11.6 Å². The highest BCUT2D eigenvalue weighted by atomic mass is 19.1. The van der Waals surface area contributed by atoms with Crippen molar-refractivity contribution in [2.24, 2.45) is 5.73 Å². The lowest BCUT2D eigenvalue weighted by atomic mass is 10.1. The fourth-order valence-electron chi connectivity index (χ4n) is 1.99. The average molecular weight is 286 g/mol. The molecule has 0 fully saturated rings. The van der Waals surface area contributed by atoms with Crippen molar-refractivity contribution in [2.45, 2.75) is 6.54 Å². The molecular formula is C17H16F2N2. The zero-order valence-corrected chi connectivity index (χ0v) is 11.7. The summed E-state index contributed by atoms with van der Waals surface area (Å²) in [6.07, 6.45) is 0. The second-order valence-corrected chi connectivity index (χ2v) is 4.64. The molecule has 2 nitrogen and oxygen atoms in total. The third kappa shape index (κ3) is 4.04. The molecule has 4 heteroatoms. The van der Waals surface area contributed by atoms with Crippen LogP contribution in [-0.4, -0.2) is 13.6 Å². The van der Waals surface area contributed by atoms with Crippen LogP contribution in [0, 0.1) is 23.5 Å². The van der Waals surface area contributed by atoms with E-state index in [1.165, 1.54) is 24.3 Å². The molecule has 0 amide bonds. The van der Waals surface area contributed by atoms with Crippen molar-refractivity contribution in [1.29, 1.82) is 0 Å². The second kappa shape index (κ2) is 6.87. The van der Waals surface area contributed by atoms with Crippen molar-refractivity contribution in [3.05, 3.63) is 65.2 Å². The van der Waals surface area contributed by atoms with Crippen LogP contribution >= 0.6 is 0 Å². The lowest BCUT2D eigenvalue weighted by molar-refractivity contribution is 0.625. The van der Waals surface area contributed by atoms with Crippen molar-refractivity contribution in [3.8, 4) is 11.8 Å². The highest BCUT2D eigenvalue weighted by molar-refractivity contribution is 5.49. The Labute approximate surface area is 123 Å². The van der Waals surface area contributed by atoms with Crippen LogP contribution in [-0.2, 0) is 6.54 Å². The molecule has 0 unspecified atom stereocenters. The van der Waals surface area contributed by atoms with Gasteiger partial charge in [-0.05, 0) is 42.0 Å². The minimum atomic E-state index is -0.329. The summed E-state index contributed by atoms with van der Waals surface area (Å²) in [6, 6.07) is 10.7. The first-order valence-electron chi connectivity index (χ1n) is 6.54. The summed E-state index contributed by atoms with van der Waals surface area (Å²) < 4.78 is 26.3. The van der Waals surface area contributed by atoms with E-state index in [1.807, 2.05) is 11.9 Å². The Balaban J connectivity index is 2.24. The van der Waals surface area contributed by atoms with E-state index in [4.69, 9.17) is 5.73 Å². The molecule has 0 radical (unpaired) electrons. The number of hydrogen-bond acceptors (Lipinski definition) is 2. The molecule has 2 aromatic rings.